The summed E-state index contributed by atoms with van der Waals surface area (Å²) in [6, 6.07) is 10.8. The van der Waals surface area contributed by atoms with Crippen molar-refractivity contribution < 1.29 is 14.3 Å². The van der Waals surface area contributed by atoms with Gasteiger partial charge in [0.25, 0.3) is 5.91 Å². The largest absolute Gasteiger partial charge is 0.467 e. The van der Waals surface area contributed by atoms with Crippen LogP contribution < -0.4 is 5.32 Å². The summed E-state index contributed by atoms with van der Waals surface area (Å²) in [6.45, 7) is 2.19. The molecule has 106 valence electrons. The van der Waals surface area contributed by atoms with Crippen molar-refractivity contribution in [3.8, 4) is 0 Å². The summed E-state index contributed by atoms with van der Waals surface area (Å²) < 4.78 is 5.08. The molecule has 1 atom stereocenters. The van der Waals surface area contributed by atoms with Gasteiger partial charge in [0.2, 0.25) is 0 Å². The first-order valence-corrected chi connectivity index (χ1v) is 7.41. The highest BCUT2D eigenvalue weighted by atomic mass is 32.2. The molecule has 1 aromatic carbocycles. The Kier molecular flexibility index (Phi) is 5.26. The number of carbonyl (C=O) groups is 1. The van der Waals surface area contributed by atoms with Crippen molar-refractivity contribution >= 4 is 17.7 Å². The summed E-state index contributed by atoms with van der Waals surface area (Å²) >= 11 is 1.68. The SMILES string of the molecule is CCSc1cccc(C(=O)NCC(O)c2ccco2)c1. The van der Waals surface area contributed by atoms with E-state index in [4.69, 9.17) is 4.42 Å². The molecule has 1 heterocycles. The van der Waals surface area contributed by atoms with Gasteiger partial charge in [-0.3, -0.25) is 4.79 Å². The highest BCUT2D eigenvalue weighted by molar-refractivity contribution is 7.99. The molecule has 2 N–H and O–H groups in total. The molecule has 20 heavy (non-hydrogen) atoms. The lowest BCUT2D eigenvalue weighted by atomic mass is 10.2. The molecule has 2 aromatic rings. The van der Waals surface area contributed by atoms with Crippen LogP contribution in [0.4, 0.5) is 0 Å². The molecule has 4 nitrogen and oxygen atoms in total. The number of aliphatic hydroxyl groups is 1. The van der Waals surface area contributed by atoms with Crippen LogP contribution >= 0.6 is 11.8 Å². The second-order valence-corrected chi connectivity index (χ2v) is 5.54. The zero-order chi connectivity index (χ0) is 14.4. The summed E-state index contributed by atoms with van der Waals surface area (Å²) in [7, 11) is 0. The lowest BCUT2D eigenvalue weighted by Crippen LogP contribution is -2.28. The Morgan fingerprint density at radius 2 is 2.25 bits per heavy atom. The number of furan rings is 1. The van der Waals surface area contributed by atoms with E-state index in [-0.39, 0.29) is 12.5 Å². The number of rotatable bonds is 6. The molecule has 1 unspecified atom stereocenters. The number of thioether (sulfide) groups is 1. The maximum Gasteiger partial charge on any atom is 0.251 e. The van der Waals surface area contributed by atoms with Gasteiger partial charge in [-0.1, -0.05) is 13.0 Å². The first kappa shape index (κ1) is 14.7. The summed E-state index contributed by atoms with van der Waals surface area (Å²) in [4.78, 5) is 13.1. The number of amides is 1. The molecular formula is C15H17NO3S. The average molecular weight is 291 g/mol. The summed E-state index contributed by atoms with van der Waals surface area (Å²) in [6.07, 6.45) is 0.661. The van der Waals surface area contributed by atoms with E-state index in [0.29, 0.717) is 11.3 Å². The molecule has 0 aliphatic carbocycles. The minimum atomic E-state index is -0.831. The molecule has 0 radical (unpaired) electrons. The molecule has 0 spiro atoms. The van der Waals surface area contributed by atoms with Crippen LogP contribution in [0, 0.1) is 0 Å². The van der Waals surface area contributed by atoms with Gasteiger partial charge in [-0.15, -0.1) is 11.8 Å². The fourth-order valence-corrected chi connectivity index (χ4v) is 2.49. The van der Waals surface area contributed by atoms with Gasteiger partial charge in [-0.05, 0) is 36.1 Å². The lowest BCUT2D eigenvalue weighted by Gasteiger charge is -2.10. The second-order valence-electron chi connectivity index (χ2n) is 4.20. The third-order valence-electron chi connectivity index (χ3n) is 2.73. The van der Waals surface area contributed by atoms with Gasteiger partial charge >= 0.3 is 0 Å². The van der Waals surface area contributed by atoms with Gasteiger partial charge in [0.1, 0.15) is 11.9 Å². The minimum Gasteiger partial charge on any atom is -0.467 e. The minimum absolute atomic E-state index is 0.123. The van der Waals surface area contributed by atoms with E-state index in [1.807, 2.05) is 18.2 Å². The Hall–Kier alpha value is -1.72. The van der Waals surface area contributed by atoms with Crippen LogP contribution in [0.3, 0.4) is 0 Å². The normalized spacial score (nSPS) is 12.1. The predicted molar refractivity (Wildman–Crippen MR) is 78.8 cm³/mol. The second kappa shape index (κ2) is 7.17. The van der Waals surface area contributed by atoms with Crippen molar-refractivity contribution in [1.29, 1.82) is 0 Å². The summed E-state index contributed by atoms with van der Waals surface area (Å²) in [5.74, 6) is 1.21. The Bertz CT molecular complexity index is 554. The van der Waals surface area contributed by atoms with Crippen molar-refractivity contribution in [2.45, 2.75) is 17.9 Å². The molecule has 1 aromatic heterocycles. The van der Waals surface area contributed by atoms with Gasteiger partial charge in [0, 0.05) is 10.5 Å². The Labute approximate surface area is 122 Å². The van der Waals surface area contributed by atoms with Gasteiger partial charge in [0.05, 0.1) is 12.8 Å². The number of hydrogen-bond donors (Lipinski definition) is 2. The van der Waals surface area contributed by atoms with E-state index in [9.17, 15) is 9.90 Å². The standard InChI is InChI=1S/C15H17NO3S/c1-2-20-12-6-3-5-11(9-12)15(18)16-10-13(17)14-7-4-8-19-14/h3-9,13,17H,2,10H2,1H3,(H,16,18). The average Bonchev–Trinajstić information content (AvgIpc) is 2.99. The Morgan fingerprint density at radius 3 is 2.95 bits per heavy atom. The van der Waals surface area contributed by atoms with Crippen LogP contribution in [0.25, 0.3) is 0 Å². The zero-order valence-corrected chi connectivity index (χ0v) is 12.0. The Morgan fingerprint density at radius 1 is 1.40 bits per heavy atom. The number of benzene rings is 1. The quantitative estimate of drug-likeness (QED) is 0.803. The molecule has 2 rings (SSSR count). The van der Waals surface area contributed by atoms with Crippen LogP contribution in [-0.4, -0.2) is 23.3 Å². The molecule has 0 saturated carbocycles. The summed E-state index contributed by atoms with van der Waals surface area (Å²) in [5.41, 5.74) is 0.593. The van der Waals surface area contributed by atoms with Crippen LogP contribution in [0.1, 0.15) is 29.1 Å². The lowest BCUT2D eigenvalue weighted by molar-refractivity contribution is 0.0901. The molecular weight excluding hydrogens is 274 g/mol. The van der Waals surface area contributed by atoms with Gasteiger partial charge in [-0.25, -0.2) is 0 Å². The molecule has 0 aliphatic rings. The van der Waals surface area contributed by atoms with E-state index in [0.717, 1.165) is 10.6 Å². The maximum absolute atomic E-state index is 12.0. The van der Waals surface area contributed by atoms with Crippen molar-refractivity contribution in [3.63, 3.8) is 0 Å². The maximum atomic E-state index is 12.0. The first-order valence-electron chi connectivity index (χ1n) is 6.43. The van der Waals surface area contributed by atoms with Crippen molar-refractivity contribution in [2.75, 3.05) is 12.3 Å². The summed E-state index contributed by atoms with van der Waals surface area (Å²) in [5, 5.41) is 12.5. The molecule has 0 fully saturated rings. The topological polar surface area (TPSA) is 62.5 Å². The third kappa shape index (κ3) is 3.88. The number of carbonyl (C=O) groups excluding carboxylic acids is 1. The molecule has 0 aliphatic heterocycles. The molecule has 5 heteroatoms. The van der Waals surface area contributed by atoms with Crippen molar-refractivity contribution in [2.24, 2.45) is 0 Å². The van der Waals surface area contributed by atoms with E-state index < -0.39 is 6.10 Å². The highest BCUT2D eigenvalue weighted by Gasteiger charge is 2.13. The fourth-order valence-electron chi connectivity index (χ4n) is 1.77. The van der Waals surface area contributed by atoms with E-state index >= 15 is 0 Å². The third-order valence-corrected chi connectivity index (χ3v) is 3.61. The number of nitrogens with one attached hydrogen (secondary N) is 1. The molecule has 1 amide bonds. The van der Waals surface area contributed by atoms with Crippen LogP contribution in [0.15, 0.2) is 52.0 Å². The number of hydrogen-bond acceptors (Lipinski definition) is 4. The zero-order valence-electron chi connectivity index (χ0n) is 11.2. The fraction of sp³-hybridized carbons (Fsp3) is 0.267. The van der Waals surface area contributed by atoms with Crippen LogP contribution in [-0.2, 0) is 0 Å². The first-order chi connectivity index (χ1) is 9.70. The van der Waals surface area contributed by atoms with Crippen LogP contribution in [0.2, 0.25) is 0 Å². The van der Waals surface area contributed by atoms with Crippen molar-refractivity contribution in [1.82, 2.24) is 5.32 Å². The highest BCUT2D eigenvalue weighted by Crippen LogP contribution is 2.18. The Balaban J connectivity index is 1.93. The van der Waals surface area contributed by atoms with Gasteiger partial charge in [-0.2, -0.15) is 0 Å². The smallest absolute Gasteiger partial charge is 0.251 e. The van der Waals surface area contributed by atoms with Crippen LogP contribution in [0.5, 0.6) is 0 Å². The molecule has 0 bridgehead atoms. The van der Waals surface area contributed by atoms with E-state index in [1.54, 1.807) is 30.0 Å². The van der Waals surface area contributed by atoms with Gasteiger partial charge < -0.3 is 14.8 Å². The molecule has 0 saturated heterocycles. The van der Waals surface area contributed by atoms with Crippen molar-refractivity contribution in [3.05, 3.63) is 54.0 Å². The number of aliphatic hydroxyl groups excluding tert-OH is 1. The van der Waals surface area contributed by atoms with E-state index in [1.165, 1.54) is 6.26 Å². The predicted octanol–water partition coefficient (Wildman–Crippen LogP) is 2.86. The van der Waals surface area contributed by atoms with E-state index in [2.05, 4.69) is 12.2 Å². The monoisotopic (exact) mass is 291 g/mol. The van der Waals surface area contributed by atoms with Gasteiger partial charge in [0.15, 0.2) is 0 Å².